The zero-order chi connectivity index (χ0) is 34.9. The number of hydrogen-bond acceptors (Lipinski definition) is 5. The van der Waals surface area contributed by atoms with Crippen molar-refractivity contribution in [2.75, 3.05) is 6.61 Å². The molecule has 1 aliphatic heterocycles. The summed E-state index contributed by atoms with van der Waals surface area (Å²) in [6.45, 7) is -0.162. The van der Waals surface area contributed by atoms with Gasteiger partial charge in [-0.3, -0.25) is 0 Å². The zero-order valence-electron chi connectivity index (χ0n) is 27.1. The molecule has 4 atom stereocenters. The van der Waals surface area contributed by atoms with Gasteiger partial charge in [0.05, 0.1) is 0 Å². The minimum atomic E-state index is -4.38. The van der Waals surface area contributed by atoms with Crippen molar-refractivity contribution in [2.24, 2.45) is 11.8 Å². The summed E-state index contributed by atoms with van der Waals surface area (Å²) in [7, 11) is -7.43. The topological polar surface area (TPSA) is 79.2 Å². The van der Waals surface area contributed by atoms with Gasteiger partial charge >= 0.3 is 298 Å². The number of ether oxygens (including phenoxy) is 1. The molecule has 0 saturated heterocycles. The van der Waals surface area contributed by atoms with Crippen LogP contribution in [0, 0.1) is 34.8 Å². The summed E-state index contributed by atoms with van der Waals surface area (Å²) in [5.41, 5.74) is -0.276. The average Bonchev–Trinajstić information content (AvgIpc) is 3.15. The molecule has 1 heterocycles. The van der Waals surface area contributed by atoms with Crippen LogP contribution < -0.4 is 25.7 Å². The molecular weight excluding hydrogens is 693 g/mol. The van der Waals surface area contributed by atoms with Crippen molar-refractivity contribution in [1.82, 2.24) is 5.09 Å². The first-order valence-corrected chi connectivity index (χ1v) is 20.5. The summed E-state index contributed by atoms with van der Waals surface area (Å²) in [6.07, 6.45) is 0.791. The minimum absolute atomic E-state index is 0.00291. The number of nitrogens with zero attached hydrogens (tertiary/aromatic N) is 1. The second-order valence-electron chi connectivity index (χ2n) is 13.0. The van der Waals surface area contributed by atoms with Crippen LogP contribution in [0.25, 0.3) is 0 Å². The predicted octanol–water partition coefficient (Wildman–Crippen LogP) is 7.61. The Morgan fingerprint density at radius 3 is 1.90 bits per heavy atom. The second-order valence-corrected chi connectivity index (χ2v) is 19.2. The Hall–Kier alpha value is -4.12. The number of nitrogens with one attached hydrogen (secondary N) is 1. The molecule has 0 aromatic heterocycles. The summed E-state index contributed by atoms with van der Waals surface area (Å²) >= 11 is 6.16. The van der Waals surface area contributed by atoms with E-state index >= 15 is 17.2 Å². The predicted molar refractivity (Wildman–Crippen MR) is 197 cm³/mol. The summed E-state index contributed by atoms with van der Waals surface area (Å²) < 4.78 is 66.0. The molecule has 1 saturated carbocycles. The molecular formula is C40H36ClF2N2O3PS. The molecule has 0 radical (unpaired) electrons. The molecule has 1 fully saturated rings. The van der Waals surface area contributed by atoms with Gasteiger partial charge in [-0.2, -0.15) is 0 Å². The van der Waals surface area contributed by atoms with Crippen molar-refractivity contribution in [3.63, 3.8) is 0 Å². The van der Waals surface area contributed by atoms with Crippen LogP contribution in [-0.2, 0) is 14.6 Å². The van der Waals surface area contributed by atoms with Crippen LogP contribution >= 0.6 is 19.0 Å². The molecule has 7 rings (SSSR count). The third-order valence-electron chi connectivity index (χ3n) is 10.6. The van der Waals surface area contributed by atoms with Gasteiger partial charge in [-0.25, -0.2) is 0 Å². The molecule has 50 heavy (non-hydrogen) atoms. The van der Waals surface area contributed by atoms with Crippen LogP contribution in [0.1, 0.15) is 31.2 Å². The SMILES string of the molecule is N#CCC[C@@H]1[C@H](N[PH](c2ccccc2)(c2ccccc2)c2ccccc2)CC[C@@]2(S(=O)(=O)c3ccc(Cl)cc3)c3c(F)ccc(F)c3OC[C@@H]12. The van der Waals surface area contributed by atoms with E-state index in [1.807, 2.05) is 54.6 Å². The van der Waals surface area contributed by atoms with Crippen LogP contribution in [0.3, 0.4) is 0 Å². The van der Waals surface area contributed by atoms with Gasteiger partial charge in [0, 0.05) is 0 Å². The van der Waals surface area contributed by atoms with Crippen molar-refractivity contribution < 1.29 is 21.9 Å². The van der Waals surface area contributed by atoms with E-state index in [0.717, 1.165) is 28.0 Å². The third-order valence-corrected chi connectivity index (χ3v) is 17.8. The van der Waals surface area contributed by atoms with Crippen molar-refractivity contribution in [3.8, 4) is 11.8 Å². The Labute approximate surface area is 297 Å². The number of rotatable bonds is 9. The normalized spacial score (nSPS) is 22.0. The van der Waals surface area contributed by atoms with E-state index in [4.69, 9.17) is 16.3 Å². The number of hydrogen-bond donors (Lipinski definition) is 1. The molecule has 0 amide bonds. The third kappa shape index (κ3) is 5.61. The Morgan fingerprint density at radius 2 is 1.36 bits per heavy atom. The van der Waals surface area contributed by atoms with Gasteiger partial charge in [0.1, 0.15) is 0 Å². The van der Waals surface area contributed by atoms with Crippen LogP contribution in [-0.4, -0.2) is 21.1 Å². The Morgan fingerprint density at radius 1 is 0.820 bits per heavy atom. The van der Waals surface area contributed by atoms with Gasteiger partial charge in [-0.1, -0.05) is 0 Å². The molecule has 10 heteroatoms. The van der Waals surface area contributed by atoms with E-state index in [1.165, 1.54) is 24.3 Å². The first-order valence-electron chi connectivity index (χ1n) is 16.7. The second kappa shape index (κ2) is 13.9. The van der Waals surface area contributed by atoms with Gasteiger partial charge in [-0.05, 0) is 0 Å². The van der Waals surface area contributed by atoms with E-state index in [1.54, 1.807) is 0 Å². The maximum absolute atomic E-state index is 16.2. The van der Waals surface area contributed by atoms with Gasteiger partial charge in [0.2, 0.25) is 0 Å². The number of benzene rings is 5. The van der Waals surface area contributed by atoms with Crippen molar-refractivity contribution in [1.29, 1.82) is 5.26 Å². The molecule has 256 valence electrons. The molecule has 0 bridgehead atoms. The molecule has 1 N–H and O–H groups in total. The number of halogens is 3. The molecule has 1 aliphatic carbocycles. The fraction of sp³-hybridized carbons (Fsp3) is 0.225. The standard InChI is InChI=1S/C40H36ClF2N2O3PS/c41-28-18-20-32(21-19-28)50(46,47)40-25-24-37(33(17-10-26-44)34(40)27-48-39-36(43)23-22-35(42)38(39)40)45-49(29-11-4-1-5-12-29,30-13-6-2-7-14-30)31-15-8-3-9-16-31/h1-9,11-16,18-23,33-34,37,45,49H,10,17,24-25,27H2/t33-,34-,37+,40-/m0/s1. The molecule has 2 aliphatic rings. The van der Waals surface area contributed by atoms with E-state index in [0.29, 0.717) is 17.9 Å². The van der Waals surface area contributed by atoms with E-state index in [9.17, 15) is 5.26 Å². The van der Waals surface area contributed by atoms with Crippen molar-refractivity contribution >= 4 is 44.8 Å². The van der Waals surface area contributed by atoms with Crippen LogP contribution in [0.4, 0.5) is 8.78 Å². The fourth-order valence-corrected chi connectivity index (χ4v) is 15.4. The quantitative estimate of drug-likeness (QED) is 0.158. The monoisotopic (exact) mass is 728 g/mol. The Bertz CT molecular complexity index is 2040. The summed E-state index contributed by atoms with van der Waals surface area (Å²) in [6, 6.07) is 40.5. The molecule has 5 aromatic carbocycles. The van der Waals surface area contributed by atoms with E-state index in [-0.39, 0.29) is 41.7 Å². The summed E-state index contributed by atoms with van der Waals surface area (Å²) in [5.74, 6) is -3.31. The van der Waals surface area contributed by atoms with Crippen molar-refractivity contribution in [3.05, 3.63) is 150 Å². The fourth-order valence-electron chi connectivity index (χ4n) is 8.40. The molecule has 0 unspecified atom stereocenters. The maximum atomic E-state index is 16.2. The van der Waals surface area contributed by atoms with Crippen LogP contribution in [0.5, 0.6) is 5.75 Å². The van der Waals surface area contributed by atoms with Gasteiger partial charge < -0.3 is 0 Å². The zero-order valence-corrected chi connectivity index (χ0v) is 29.7. The van der Waals surface area contributed by atoms with Gasteiger partial charge in [0.15, 0.2) is 0 Å². The number of nitriles is 1. The number of fused-ring (bicyclic) bond motifs is 3. The van der Waals surface area contributed by atoms with Crippen LogP contribution in [0.2, 0.25) is 5.02 Å². The van der Waals surface area contributed by atoms with E-state index in [2.05, 4.69) is 47.6 Å². The number of sulfone groups is 1. The summed E-state index contributed by atoms with van der Waals surface area (Å²) in [4.78, 5) is -0.0320. The Kier molecular flexibility index (Phi) is 9.54. The van der Waals surface area contributed by atoms with Gasteiger partial charge in [-0.15, -0.1) is 0 Å². The van der Waals surface area contributed by atoms with Crippen LogP contribution in [0.15, 0.2) is 132 Å². The molecule has 0 spiro atoms. The summed E-state index contributed by atoms with van der Waals surface area (Å²) in [5, 5.41) is 17.7. The first-order chi connectivity index (χ1) is 24.2. The molecule has 5 nitrogen and oxygen atoms in total. The average molecular weight is 729 g/mol. The van der Waals surface area contributed by atoms with Gasteiger partial charge in [0.25, 0.3) is 0 Å². The van der Waals surface area contributed by atoms with Crippen molar-refractivity contribution in [2.45, 2.75) is 41.4 Å². The van der Waals surface area contributed by atoms with E-state index < -0.39 is 45.5 Å². The molecule has 5 aromatic rings. The Balaban J connectivity index is 1.44. The first kappa shape index (κ1) is 34.3.